The van der Waals surface area contributed by atoms with Crippen molar-refractivity contribution >= 4 is 5.91 Å². The lowest BCUT2D eigenvalue weighted by molar-refractivity contribution is -0.126. The fourth-order valence-electron chi connectivity index (χ4n) is 3.96. The molecule has 3 atom stereocenters. The highest BCUT2D eigenvalue weighted by Gasteiger charge is 2.47. The quantitative estimate of drug-likeness (QED) is 0.877. The van der Waals surface area contributed by atoms with E-state index < -0.39 is 0 Å². The number of benzene rings is 1. The maximum atomic E-state index is 12.7. The molecule has 0 radical (unpaired) electrons. The molecular weight excluding hydrogens is 288 g/mol. The Labute approximate surface area is 138 Å². The Morgan fingerprint density at radius 3 is 2.78 bits per heavy atom. The van der Waals surface area contributed by atoms with Crippen LogP contribution in [0, 0.1) is 11.3 Å². The number of nitrogens with one attached hydrogen (secondary N) is 1. The summed E-state index contributed by atoms with van der Waals surface area (Å²) >= 11 is 0. The zero-order chi connectivity index (χ0) is 16.4. The number of rotatable bonds is 5. The van der Waals surface area contributed by atoms with Crippen LogP contribution in [-0.4, -0.2) is 41.7 Å². The van der Waals surface area contributed by atoms with Gasteiger partial charge in [-0.05, 0) is 31.4 Å². The molecule has 126 valence electrons. The standard InChI is InChI=1S/C19H28N2O2/c1-19(2,13-22)12-20-18(23)15-11-17(14-7-4-3-5-8-14)21-10-6-9-16(15)21/h3-5,7-8,15-17,22H,6,9-13H2,1-2H3,(H,20,23)/t15-,16+,17-/m1/s1. The van der Waals surface area contributed by atoms with Crippen LogP contribution in [0.25, 0.3) is 0 Å². The number of aliphatic hydroxyl groups is 1. The first-order valence-electron chi connectivity index (χ1n) is 8.71. The van der Waals surface area contributed by atoms with Crippen LogP contribution in [0.3, 0.4) is 0 Å². The maximum Gasteiger partial charge on any atom is 0.224 e. The minimum Gasteiger partial charge on any atom is -0.396 e. The van der Waals surface area contributed by atoms with Crippen molar-refractivity contribution in [3.8, 4) is 0 Å². The summed E-state index contributed by atoms with van der Waals surface area (Å²) < 4.78 is 0. The van der Waals surface area contributed by atoms with Crippen LogP contribution in [0.15, 0.2) is 30.3 Å². The lowest BCUT2D eigenvalue weighted by Crippen LogP contribution is -2.42. The second-order valence-corrected chi connectivity index (χ2v) is 7.76. The van der Waals surface area contributed by atoms with Crippen molar-refractivity contribution in [3.63, 3.8) is 0 Å². The van der Waals surface area contributed by atoms with Gasteiger partial charge in [-0.1, -0.05) is 44.2 Å². The highest BCUT2D eigenvalue weighted by Crippen LogP contribution is 2.44. The number of hydrogen-bond acceptors (Lipinski definition) is 3. The van der Waals surface area contributed by atoms with Gasteiger partial charge in [0.05, 0.1) is 5.92 Å². The molecule has 0 spiro atoms. The number of carbonyl (C=O) groups excluding carboxylic acids is 1. The van der Waals surface area contributed by atoms with E-state index in [0.717, 1.165) is 19.4 Å². The van der Waals surface area contributed by atoms with E-state index >= 15 is 0 Å². The minimum absolute atomic E-state index is 0.0669. The third kappa shape index (κ3) is 3.43. The van der Waals surface area contributed by atoms with Crippen LogP contribution in [0.5, 0.6) is 0 Å². The number of aliphatic hydroxyl groups excluding tert-OH is 1. The summed E-state index contributed by atoms with van der Waals surface area (Å²) in [7, 11) is 0. The zero-order valence-corrected chi connectivity index (χ0v) is 14.2. The molecule has 2 N–H and O–H groups in total. The topological polar surface area (TPSA) is 52.6 Å². The first-order chi connectivity index (χ1) is 11.0. The molecule has 2 fully saturated rings. The van der Waals surface area contributed by atoms with Crippen molar-refractivity contribution in [1.29, 1.82) is 0 Å². The van der Waals surface area contributed by atoms with Crippen molar-refractivity contribution in [1.82, 2.24) is 10.2 Å². The Morgan fingerprint density at radius 1 is 1.35 bits per heavy atom. The lowest BCUT2D eigenvalue weighted by atomic mass is 9.91. The zero-order valence-electron chi connectivity index (χ0n) is 14.2. The molecule has 3 rings (SSSR count). The van der Waals surface area contributed by atoms with E-state index in [1.54, 1.807) is 0 Å². The van der Waals surface area contributed by atoms with Gasteiger partial charge in [0.2, 0.25) is 5.91 Å². The first kappa shape index (κ1) is 16.5. The smallest absolute Gasteiger partial charge is 0.224 e. The van der Waals surface area contributed by atoms with Gasteiger partial charge in [-0.2, -0.15) is 0 Å². The predicted molar refractivity (Wildman–Crippen MR) is 90.9 cm³/mol. The van der Waals surface area contributed by atoms with Crippen LogP contribution in [-0.2, 0) is 4.79 Å². The van der Waals surface area contributed by atoms with E-state index in [4.69, 9.17) is 0 Å². The van der Waals surface area contributed by atoms with Gasteiger partial charge in [-0.15, -0.1) is 0 Å². The van der Waals surface area contributed by atoms with Crippen LogP contribution < -0.4 is 5.32 Å². The fourth-order valence-corrected chi connectivity index (χ4v) is 3.96. The Bertz CT molecular complexity index is 544. The molecule has 2 aliphatic heterocycles. The Hall–Kier alpha value is -1.39. The average molecular weight is 316 g/mol. The largest absolute Gasteiger partial charge is 0.396 e. The fraction of sp³-hybridized carbons (Fsp3) is 0.632. The van der Waals surface area contributed by atoms with Crippen molar-refractivity contribution < 1.29 is 9.90 Å². The molecule has 2 heterocycles. The molecule has 0 aliphatic carbocycles. The summed E-state index contributed by atoms with van der Waals surface area (Å²) in [5, 5.41) is 12.4. The summed E-state index contributed by atoms with van der Waals surface area (Å²) in [6, 6.07) is 11.3. The van der Waals surface area contributed by atoms with Crippen LogP contribution in [0.2, 0.25) is 0 Å². The SMILES string of the molecule is CC(C)(CO)CNC(=O)[C@@H]1C[C@H](c2ccccc2)N2CCC[C@@H]12. The molecule has 4 nitrogen and oxygen atoms in total. The second-order valence-electron chi connectivity index (χ2n) is 7.76. The summed E-state index contributed by atoms with van der Waals surface area (Å²) in [5.41, 5.74) is 1.06. The number of hydrogen-bond donors (Lipinski definition) is 2. The van der Waals surface area contributed by atoms with Crippen molar-refractivity contribution in [2.45, 2.75) is 45.2 Å². The molecule has 0 bridgehead atoms. The van der Waals surface area contributed by atoms with Crippen LogP contribution >= 0.6 is 0 Å². The predicted octanol–water partition coefficient (Wildman–Crippen LogP) is 2.35. The molecular formula is C19H28N2O2. The number of nitrogens with zero attached hydrogens (tertiary/aromatic N) is 1. The van der Waals surface area contributed by atoms with E-state index in [2.05, 4.69) is 34.5 Å². The molecule has 2 saturated heterocycles. The molecule has 0 saturated carbocycles. The first-order valence-corrected chi connectivity index (χ1v) is 8.71. The molecule has 1 aromatic rings. The van der Waals surface area contributed by atoms with Gasteiger partial charge < -0.3 is 10.4 Å². The molecule has 1 amide bonds. The second kappa shape index (κ2) is 6.62. The van der Waals surface area contributed by atoms with Gasteiger partial charge in [0, 0.05) is 30.7 Å². The van der Waals surface area contributed by atoms with Gasteiger partial charge in [0.25, 0.3) is 0 Å². The Kier molecular flexibility index (Phi) is 4.74. The van der Waals surface area contributed by atoms with Crippen LogP contribution in [0.1, 0.15) is 44.7 Å². The van der Waals surface area contributed by atoms with Gasteiger partial charge >= 0.3 is 0 Å². The van der Waals surface area contributed by atoms with E-state index in [0.29, 0.717) is 18.6 Å². The number of carbonyl (C=O) groups is 1. The molecule has 0 aromatic heterocycles. The van der Waals surface area contributed by atoms with Crippen LogP contribution in [0.4, 0.5) is 0 Å². The molecule has 4 heteroatoms. The number of fused-ring (bicyclic) bond motifs is 1. The third-order valence-electron chi connectivity index (χ3n) is 5.37. The maximum absolute atomic E-state index is 12.7. The van der Waals surface area contributed by atoms with E-state index in [9.17, 15) is 9.90 Å². The Balaban J connectivity index is 1.70. The third-order valence-corrected chi connectivity index (χ3v) is 5.37. The highest BCUT2D eigenvalue weighted by molar-refractivity contribution is 5.80. The summed E-state index contributed by atoms with van der Waals surface area (Å²) in [6.07, 6.45) is 3.20. The molecule has 23 heavy (non-hydrogen) atoms. The Morgan fingerprint density at radius 2 is 2.09 bits per heavy atom. The molecule has 1 aromatic carbocycles. The van der Waals surface area contributed by atoms with Gasteiger partial charge in [-0.3, -0.25) is 9.69 Å². The molecule has 2 aliphatic rings. The highest BCUT2D eigenvalue weighted by atomic mass is 16.3. The van der Waals surface area contributed by atoms with Gasteiger partial charge in [0.1, 0.15) is 0 Å². The molecule has 0 unspecified atom stereocenters. The van der Waals surface area contributed by atoms with E-state index in [-0.39, 0.29) is 23.8 Å². The van der Waals surface area contributed by atoms with E-state index in [1.807, 2.05) is 19.9 Å². The van der Waals surface area contributed by atoms with Gasteiger partial charge in [-0.25, -0.2) is 0 Å². The minimum atomic E-state index is -0.261. The average Bonchev–Trinajstić information content (AvgIpc) is 3.16. The monoisotopic (exact) mass is 316 g/mol. The lowest BCUT2D eigenvalue weighted by Gasteiger charge is -2.25. The van der Waals surface area contributed by atoms with Gasteiger partial charge in [0.15, 0.2) is 0 Å². The number of amides is 1. The summed E-state index contributed by atoms with van der Waals surface area (Å²) in [5.74, 6) is 0.221. The van der Waals surface area contributed by atoms with Crippen molar-refractivity contribution in [2.24, 2.45) is 11.3 Å². The van der Waals surface area contributed by atoms with Crippen molar-refractivity contribution in [2.75, 3.05) is 19.7 Å². The van der Waals surface area contributed by atoms with Crippen molar-refractivity contribution in [3.05, 3.63) is 35.9 Å². The normalized spacial score (nSPS) is 27.9. The summed E-state index contributed by atoms with van der Waals surface area (Å²) in [4.78, 5) is 15.2. The summed E-state index contributed by atoms with van der Waals surface area (Å²) in [6.45, 7) is 5.64. The van der Waals surface area contributed by atoms with E-state index in [1.165, 1.54) is 12.0 Å².